The van der Waals surface area contributed by atoms with Gasteiger partial charge in [0.05, 0.1) is 0 Å². The number of nitrogens with one attached hydrogen (secondary N) is 1. The van der Waals surface area contributed by atoms with Crippen LogP contribution in [-0.2, 0) is 16.0 Å². The van der Waals surface area contributed by atoms with Gasteiger partial charge in [0.15, 0.2) is 0 Å². The number of carbonyl (C=O) groups excluding carboxylic acids is 1. The molecule has 1 aromatic rings. The number of aryl methyl sites for hydroxylation is 1. The summed E-state index contributed by atoms with van der Waals surface area (Å²) in [4.78, 5) is 22.3. The van der Waals surface area contributed by atoms with Crippen LogP contribution in [0.4, 0.5) is 0 Å². The molecule has 1 aliphatic rings. The van der Waals surface area contributed by atoms with Crippen molar-refractivity contribution in [2.24, 2.45) is 0 Å². The van der Waals surface area contributed by atoms with Gasteiger partial charge in [-0.3, -0.25) is 4.79 Å². The fraction of sp³-hybridized carbons (Fsp3) is 0.385. The van der Waals surface area contributed by atoms with Gasteiger partial charge in [-0.2, -0.15) is 0 Å². The maximum atomic E-state index is 11.2. The molecule has 2 atom stereocenters. The maximum absolute atomic E-state index is 11.2. The van der Waals surface area contributed by atoms with Crippen LogP contribution in [0.5, 0.6) is 0 Å². The molecule has 2 N–H and O–H groups in total. The van der Waals surface area contributed by atoms with Gasteiger partial charge in [-0.05, 0) is 24.0 Å². The van der Waals surface area contributed by atoms with Gasteiger partial charge in [0.2, 0.25) is 5.91 Å². The topological polar surface area (TPSA) is 66.4 Å². The molecule has 0 bridgehead atoms. The number of rotatable bonds is 3. The van der Waals surface area contributed by atoms with Gasteiger partial charge in [-0.25, -0.2) is 4.79 Å². The highest BCUT2D eigenvalue weighted by Gasteiger charge is 2.34. The van der Waals surface area contributed by atoms with Gasteiger partial charge in [0, 0.05) is 12.8 Å². The summed E-state index contributed by atoms with van der Waals surface area (Å²) in [5.74, 6) is -1.39. The molecule has 0 fully saturated rings. The van der Waals surface area contributed by atoms with Crippen LogP contribution in [0.1, 0.15) is 30.4 Å². The number of amides is 1. The Kier molecular flexibility index (Phi) is 3.13. The van der Waals surface area contributed by atoms with E-state index in [9.17, 15) is 14.7 Å². The van der Waals surface area contributed by atoms with Gasteiger partial charge in [-0.1, -0.05) is 24.3 Å². The first-order valence-electron chi connectivity index (χ1n) is 5.67. The predicted molar refractivity (Wildman–Crippen MR) is 62.7 cm³/mol. The lowest BCUT2D eigenvalue weighted by Gasteiger charge is -2.21. The van der Waals surface area contributed by atoms with E-state index in [2.05, 4.69) is 5.32 Å². The normalized spacial score (nSPS) is 19.5. The number of benzene rings is 1. The van der Waals surface area contributed by atoms with Gasteiger partial charge in [0.25, 0.3) is 0 Å². The third kappa shape index (κ3) is 2.30. The molecule has 0 saturated heterocycles. The van der Waals surface area contributed by atoms with E-state index in [0.717, 1.165) is 18.4 Å². The van der Waals surface area contributed by atoms with Crippen molar-refractivity contribution >= 4 is 11.9 Å². The van der Waals surface area contributed by atoms with E-state index in [1.165, 1.54) is 12.5 Å². The van der Waals surface area contributed by atoms with E-state index in [-0.39, 0.29) is 11.8 Å². The zero-order valence-electron chi connectivity index (χ0n) is 9.64. The van der Waals surface area contributed by atoms with Crippen molar-refractivity contribution in [3.63, 3.8) is 0 Å². The Morgan fingerprint density at radius 2 is 2.12 bits per heavy atom. The summed E-state index contributed by atoms with van der Waals surface area (Å²) in [6.07, 6.45) is 1.65. The standard InChI is InChI=1S/C13H15NO3/c1-8(15)14-12(13(16)17)11-7-6-9-4-2-3-5-10(9)11/h2-5,11-12H,6-7H2,1H3,(H,14,15)(H,16,17)/t11-,12-/m1/s1. The number of fused-ring (bicyclic) bond motifs is 1. The van der Waals surface area contributed by atoms with Crippen LogP contribution >= 0.6 is 0 Å². The van der Waals surface area contributed by atoms with Crippen molar-refractivity contribution in [2.75, 3.05) is 0 Å². The lowest BCUT2D eigenvalue weighted by atomic mass is 9.93. The summed E-state index contributed by atoms with van der Waals surface area (Å²) >= 11 is 0. The molecule has 1 aromatic carbocycles. The van der Waals surface area contributed by atoms with Crippen LogP contribution < -0.4 is 5.32 Å². The molecule has 90 valence electrons. The highest BCUT2D eigenvalue weighted by Crippen LogP contribution is 2.35. The van der Waals surface area contributed by atoms with Crippen LogP contribution in [0.2, 0.25) is 0 Å². The predicted octanol–water partition coefficient (Wildman–Crippen LogP) is 1.31. The number of aliphatic carboxylic acids is 1. The van der Waals surface area contributed by atoms with Gasteiger partial charge >= 0.3 is 5.97 Å². The SMILES string of the molecule is CC(=O)N[C@@H](C(=O)O)[C@@H]1CCc2ccccc21. The highest BCUT2D eigenvalue weighted by atomic mass is 16.4. The largest absolute Gasteiger partial charge is 0.480 e. The number of hydrogen-bond donors (Lipinski definition) is 2. The second kappa shape index (κ2) is 4.57. The second-order valence-electron chi connectivity index (χ2n) is 4.36. The van der Waals surface area contributed by atoms with Crippen molar-refractivity contribution in [1.82, 2.24) is 5.32 Å². The molecule has 1 amide bonds. The molecule has 0 radical (unpaired) electrons. The zero-order valence-corrected chi connectivity index (χ0v) is 9.64. The van der Waals surface area contributed by atoms with Crippen LogP contribution in [-0.4, -0.2) is 23.0 Å². The van der Waals surface area contributed by atoms with Crippen molar-refractivity contribution in [2.45, 2.75) is 31.7 Å². The van der Waals surface area contributed by atoms with E-state index >= 15 is 0 Å². The van der Waals surface area contributed by atoms with Crippen LogP contribution in [0.3, 0.4) is 0 Å². The fourth-order valence-electron chi connectivity index (χ4n) is 2.49. The fourth-order valence-corrected chi connectivity index (χ4v) is 2.49. The molecule has 0 spiro atoms. The lowest BCUT2D eigenvalue weighted by molar-refractivity contribution is -0.142. The minimum atomic E-state index is -0.970. The average Bonchev–Trinajstić information content (AvgIpc) is 2.69. The minimum Gasteiger partial charge on any atom is -0.480 e. The van der Waals surface area contributed by atoms with Crippen LogP contribution in [0, 0.1) is 0 Å². The summed E-state index contributed by atoms with van der Waals surface area (Å²) in [6, 6.07) is 7.00. The van der Waals surface area contributed by atoms with E-state index in [4.69, 9.17) is 0 Å². The zero-order chi connectivity index (χ0) is 12.4. The molecule has 0 heterocycles. The third-order valence-corrected chi connectivity index (χ3v) is 3.21. The first kappa shape index (κ1) is 11.6. The van der Waals surface area contributed by atoms with E-state index < -0.39 is 12.0 Å². The second-order valence-corrected chi connectivity index (χ2v) is 4.36. The third-order valence-electron chi connectivity index (χ3n) is 3.21. The molecule has 4 heteroatoms. The molecule has 0 aromatic heterocycles. The Balaban J connectivity index is 2.27. The maximum Gasteiger partial charge on any atom is 0.326 e. The van der Waals surface area contributed by atoms with Crippen molar-refractivity contribution in [3.05, 3.63) is 35.4 Å². The Morgan fingerprint density at radius 1 is 1.41 bits per heavy atom. The van der Waals surface area contributed by atoms with Crippen LogP contribution in [0.25, 0.3) is 0 Å². The molecule has 0 saturated carbocycles. The Bertz CT molecular complexity index is 456. The molecule has 2 rings (SSSR count). The molecule has 0 aliphatic heterocycles. The summed E-state index contributed by atoms with van der Waals surface area (Å²) in [6.45, 7) is 1.34. The smallest absolute Gasteiger partial charge is 0.326 e. The first-order valence-corrected chi connectivity index (χ1v) is 5.67. The molecular formula is C13H15NO3. The van der Waals surface area contributed by atoms with Crippen molar-refractivity contribution in [3.8, 4) is 0 Å². The highest BCUT2D eigenvalue weighted by molar-refractivity contribution is 5.83. The molecule has 0 unspecified atom stereocenters. The number of carbonyl (C=O) groups is 2. The molecule has 4 nitrogen and oxygen atoms in total. The van der Waals surface area contributed by atoms with Crippen molar-refractivity contribution < 1.29 is 14.7 Å². The average molecular weight is 233 g/mol. The molecule has 1 aliphatic carbocycles. The Morgan fingerprint density at radius 3 is 2.76 bits per heavy atom. The van der Waals surface area contributed by atoms with Crippen molar-refractivity contribution in [1.29, 1.82) is 0 Å². The summed E-state index contributed by atoms with van der Waals surface area (Å²) in [5, 5.41) is 11.7. The van der Waals surface area contributed by atoms with Crippen LogP contribution in [0.15, 0.2) is 24.3 Å². The number of carboxylic acid groups (broad SMARTS) is 1. The summed E-state index contributed by atoms with van der Waals surface area (Å²) in [7, 11) is 0. The van der Waals surface area contributed by atoms with Gasteiger partial charge < -0.3 is 10.4 Å². The Hall–Kier alpha value is -1.84. The lowest BCUT2D eigenvalue weighted by Crippen LogP contribution is -2.43. The van der Waals surface area contributed by atoms with Gasteiger partial charge in [0.1, 0.15) is 6.04 Å². The summed E-state index contributed by atoms with van der Waals surface area (Å²) < 4.78 is 0. The molecular weight excluding hydrogens is 218 g/mol. The van der Waals surface area contributed by atoms with E-state index in [1.54, 1.807) is 0 Å². The van der Waals surface area contributed by atoms with E-state index in [1.807, 2.05) is 24.3 Å². The Labute approximate surface area is 99.6 Å². The summed E-state index contributed by atoms with van der Waals surface area (Å²) in [5.41, 5.74) is 2.24. The molecule has 17 heavy (non-hydrogen) atoms. The quantitative estimate of drug-likeness (QED) is 0.827. The minimum absolute atomic E-state index is 0.118. The first-order chi connectivity index (χ1) is 8.09. The number of carboxylic acids is 1. The van der Waals surface area contributed by atoms with Gasteiger partial charge in [-0.15, -0.1) is 0 Å². The monoisotopic (exact) mass is 233 g/mol. The number of hydrogen-bond acceptors (Lipinski definition) is 2. The van der Waals surface area contributed by atoms with E-state index in [0.29, 0.717) is 0 Å².